The summed E-state index contributed by atoms with van der Waals surface area (Å²) in [6.45, 7) is 4.36. The van der Waals surface area contributed by atoms with Gasteiger partial charge >= 0.3 is 0 Å². The van der Waals surface area contributed by atoms with Crippen LogP contribution in [0.1, 0.15) is 18.7 Å². The van der Waals surface area contributed by atoms with E-state index in [0.29, 0.717) is 34.4 Å². The Morgan fingerprint density at radius 1 is 1.42 bits per heavy atom. The Morgan fingerprint density at radius 2 is 2.00 bits per heavy atom. The number of nitrogens with two attached hydrogens (primary N) is 1. The molecule has 1 fully saturated rings. The van der Waals surface area contributed by atoms with E-state index in [4.69, 9.17) is 15.7 Å². The van der Waals surface area contributed by atoms with E-state index in [9.17, 15) is 10.2 Å². The molecule has 4 N–H and O–H groups in total. The highest BCUT2D eigenvalue weighted by atomic mass is 32.1. The predicted molar refractivity (Wildman–Crippen MR) is 73.4 cm³/mol. The lowest BCUT2D eigenvalue weighted by molar-refractivity contribution is 0.0572. The Balaban J connectivity index is 2.37. The largest absolute Gasteiger partial charge is 0.486 e. The number of ether oxygens (including phenoxy) is 1. The predicted octanol–water partition coefficient (Wildman–Crippen LogP) is 0.531. The molecule has 0 bridgehead atoms. The van der Waals surface area contributed by atoms with Crippen LogP contribution in [0.15, 0.2) is 0 Å². The maximum atomic E-state index is 9.61. The van der Waals surface area contributed by atoms with Crippen LogP contribution >= 0.6 is 11.3 Å². The van der Waals surface area contributed by atoms with E-state index in [1.54, 1.807) is 4.90 Å². The highest BCUT2D eigenvalue weighted by Crippen LogP contribution is 2.46. The lowest BCUT2D eigenvalue weighted by Gasteiger charge is -2.19. The molecule has 1 aliphatic heterocycles. The smallest absolute Gasteiger partial charge is 0.178 e. The van der Waals surface area contributed by atoms with Crippen molar-refractivity contribution < 1.29 is 14.9 Å². The van der Waals surface area contributed by atoms with Crippen LogP contribution in [-0.4, -0.2) is 41.6 Å². The van der Waals surface area contributed by atoms with Gasteiger partial charge in [0.2, 0.25) is 0 Å². The molecular weight excluding hydrogens is 266 g/mol. The average molecular weight is 283 g/mol. The first kappa shape index (κ1) is 13.9. The molecule has 6 nitrogen and oxygen atoms in total. The molecule has 1 aromatic heterocycles. The second kappa shape index (κ2) is 5.25. The van der Waals surface area contributed by atoms with E-state index in [1.807, 2.05) is 19.9 Å². The second-order valence-electron chi connectivity index (χ2n) is 4.80. The van der Waals surface area contributed by atoms with Crippen LogP contribution in [0, 0.1) is 11.3 Å². The average Bonchev–Trinajstić information content (AvgIpc) is 2.82. The van der Waals surface area contributed by atoms with E-state index >= 15 is 0 Å². The minimum atomic E-state index is -0.791. The first-order valence-corrected chi connectivity index (χ1v) is 6.85. The highest BCUT2D eigenvalue weighted by Gasteiger charge is 2.33. The summed E-state index contributed by atoms with van der Waals surface area (Å²) in [5.74, 6) is 0.470. The fraction of sp³-hybridized carbons (Fsp3) is 0.583. The van der Waals surface area contributed by atoms with Gasteiger partial charge in [0.05, 0.1) is 18.3 Å². The Morgan fingerprint density at radius 3 is 2.47 bits per heavy atom. The van der Waals surface area contributed by atoms with Gasteiger partial charge in [-0.1, -0.05) is 0 Å². The summed E-state index contributed by atoms with van der Waals surface area (Å²) in [7, 11) is 0. The molecule has 2 atom stereocenters. The van der Waals surface area contributed by atoms with Crippen LogP contribution in [0.2, 0.25) is 0 Å². The van der Waals surface area contributed by atoms with E-state index in [0.717, 1.165) is 0 Å². The van der Waals surface area contributed by atoms with Crippen LogP contribution < -0.4 is 15.4 Å². The molecule has 7 heteroatoms. The summed E-state index contributed by atoms with van der Waals surface area (Å²) in [5, 5.41) is 29.0. The zero-order valence-corrected chi connectivity index (χ0v) is 11.6. The van der Waals surface area contributed by atoms with Gasteiger partial charge in [-0.25, -0.2) is 0 Å². The number of hydrogen-bond donors (Lipinski definition) is 3. The van der Waals surface area contributed by atoms with Crippen LogP contribution in [0.4, 0.5) is 10.7 Å². The zero-order chi connectivity index (χ0) is 14.2. The second-order valence-corrected chi connectivity index (χ2v) is 5.80. The lowest BCUT2D eigenvalue weighted by Crippen LogP contribution is -2.22. The van der Waals surface area contributed by atoms with Crippen molar-refractivity contribution in [1.29, 1.82) is 5.26 Å². The molecule has 2 rings (SSSR count). The van der Waals surface area contributed by atoms with Gasteiger partial charge in [0.25, 0.3) is 0 Å². The van der Waals surface area contributed by atoms with Gasteiger partial charge in [0.1, 0.15) is 21.6 Å². The first-order chi connectivity index (χ1) is 8.93. The number of rotatable bonds is 3. The lowest BCUT2D eigenvalue weighted by atomic mass is 10.3. The molecule has 1 aromatic rings. The minimum absolute atomic E-state index is 0.0698. The number of nitrogen functional groups attached to an aromatic ring is 1. The van der Waals surface area contributed by atoms with Crippen LogP contribution in [-0.2, 0) is 0 Å². The van der Waals surface area contributed by atoms with Gasteiger partial charge in [0.15, 0.2) is 5.75 Å². The molecular formula is C12H17N3O3S. The molecule has 1 saturated heterocycles. The Labute approximate surface area is 115 Å². The van der Waals surface area contributed by atoms with Crippen molar-refractivity contribution in [3.63, 3.8) is 0 Å². The standard InChI is InChI=1S/C12H17N3O3S/c1-6(2)18-11-10(14)9(3-13)19-12(11)15-4-7(16)8(17)5-15/h6-8,16-17H,4-5,14H2,1-2H3. The van der Waals surface area contributed by atoms with Crippen molar-refractivity contribution in [2.24, 2.45) is 0 Å². The number of thiophene rings is 1. The third-order valence-electron chi connectivity index (χ3n) is 2.88. The summed E-state index contributed by atoms with van der Waals surface area (Å²) in [6.07, 6.45) is -1.65. The molecule has 19 heavy (non-hydrogen) atoms. The fourth-order valence-corrected chi connectivity index (χ4v) is 2.96. The van der Waals surface area contributed by atoms with Crippen molar-refractivity contribution in [1.82, 2.24) is 0 Å². The molecule has 1 aliphatic rings. The Hall–Kier alpha value is -1.49. The molecule has 0 amide bonds. The Kier molecular flexibility index (Phi) is 3.85. The van der Waals surface area contributed by atoms with Gasteiger partial charge in [-0.3, -0.25) is 0 Å². The van der Waals surface area contributed by atoms with Gasteiger partial charge in [-0.05, 0) is 13.8 Å². The minimum Gasteiger partial charge on any atom is -0.486 e. The maximum absolute atomic E-state index is 9.61. The summed E-state index contributed by atoms with van der Waals surface area (Å²) >= 11 is 1.22. The van der Waals surface area contributed by atoms with Crippen molar-refractivity contribution in [3.05, 3.63) is 4.88 Å². The monoisotopic (exact) mass is 283 g/mol. The molecule has 0 aliphatic carbocycles. The number of nitriles is 1. The number of aliphatic hydroxyl groups is 2. The molecule has 0 saturated carbocycles. The molecule has 2 unspecified atom stereocenters. The third kappa shape index (κ3) is 2.61. The van der Waals surface area contributed by atoms with Crippen LogP contribution in [0.3, 0.4) is 0 Å². The topological polar surface area (TPSA) is 103 Å². The zero-order valence-electron chi connectivity index (χ0n) is 10.8. The highest BCUT2D eigenvalue weighted by molar-refractivity contribution is 7.17. The molecule has 2 heterocycles. The van der Waals surface area contributed by atoms with Crippen molar-refractivity contribution in [2.75, 3.05) is 23.7 Å². The SMILES string of the molecule is CC(C)Oc1c(N2CC(O)C(O)C2)sc(C#N)c1N. The Bertz CT molecular complexity index is 499. The third-order valence-corrected chi connectivity index (χ3v) is 4.04. The van der Waals surface area contributed by atoms with E-state index in [-0.39, 0.29) is 6.10 Å². The van der Waals surface area contributed by atoms with Gasteiger partial charge in [-0.2, -0.15) is 5.26 Å². The number of anilines is 2. The quantitative estimate of drug-likeness (QED) is 0.748. The normalized spacial score (nSPS) is 22.8. The molecule has 0 aromatic carbocycles. The first-order valence-electron chi connectivity index (χ1n) is 6.04. The number of nitrogens with zero attached hydrogens (tertiary/aromatic N) is 2. The molecule has 0 spiro atoms. The van der Waals surface area contributed by atoms with Gasteiger partial charge in [-0.15, -0.1) is 11.3 Å². The summed E-state index contributed by atoms with van der Waals surface area (Å²) in [4.78, 5) is 2.19. The summed E-state index contributed by atoms with van der Waals surface area (Å²) in [5.41, 5.74) is 6.24. The van der Waals surface area contributed by atoms with Crippen molar-refractivity contribution in [2.45, 2.75) is 32.2 Å². The number of hydrogen-bond acceptors (Lipinski definition) is 7. The summed E-state index contributed by atoms with van der Waals surface area (Å²) < 4.78 is 5.67. The fourth-order valence-electron chi connectivity index (χ4n) is 1.99. The molecule has 0 radical (unpaired) electrons. The van der Waals surface area contributed by atoms with Crippen molar-refractivity contribution in [3.8, 4) is 11.8 Å². The molecule has 104 valence electrons. The van der Waals surface area contributed by atoms with Crippen molar-refractivity contribution >= 4 is 22.0 Å². The van der Waals surface area contributed by atoms with E-state index in [2.05, 4.69) is 0 Å². The number of β-amino-alcohol motifs (C(OH)–C–C–N with tert-alkyl or cyclic N) is 2. The van der Waals surface area contributed by atoms with Crippen LogP contribution in [0.5, 0.6) is 5.75 Å². The van der Waals surface area contributed by atoms with Gasteiger partial charge < -0.3 is 25.6 Å². The summed E-state index contributed by atoms with van der Waals surface area (Å²) in [6, 6.07) is 2.04. The van der Waals surface area contributed by atoms with E-state index < -0.39 is 12.2 Å². The number of aliphatic hydroxyl groups excluding tert-OH is 2. The van der Waals surface area contributed by atoms with E-state index in [1.165, 1.54) is 11.3 Å². The maximum Gasteiger partial charge on any atom is 0.178 e. The van der Waals surface area contributed by atoms with Gasteiger partial charge in [0, 0.05) is 13.1 Å². The van der Waals surface area contributed by atoms with Crippen LogP contribution in [0.25, 0.3) is 0 Å².